The Hall–Kier alpha value is -1.51. The van der Waals surface area contributed by atoms with Crippen molar-refractivity contribution in [3.63, 3.8) is 0 Å². The molecule has 1 rings (SSSR count). The molecule has 0 atom stereocenters. The Labute approximate surface area is 116 Å². The summed E-state index contributed by atoms with van der Waals surface area (Å²) in [5.41, 5.74) is 3.31. The SMILES string of the molecule is CNC(=O)CCc1cc(C(C)C)c(C(C)C)cc1O. The van der Waals surface area contributed by atoms with Gasteiger partial charge in [0.05, 0.1) is 0 Å². The number of carbonyl (C=O) groups excluding carboxylic acids is 1. The summed E-state index contributed by atoms with van der Waals surface area (Å²) in [4.78, 5) is 11.3. The zero-order chi connectivity index (χ0) is 14.6. The van der Waals surface area contributed by atoms with E-state index in [9.17, 15) is 9.90 Å². The fourth-order valence-corrected chi connectivity index (χ4v) is 2.24. The third-order valence-electron chi connectivity index (χ3n) is 3.43. The van der Waals surface area contributed by atoms with Crippen LogP contribution in [0, 0.1) is 0 Å². The lowest BCUT2D eigenvalue weighted by Gasteiger charge is -2.18. The molecule has 19 heavy (non-hydrogen) atoms. The Balaban J connectivity index is 3.07. The van der Waals surface area contributed by atoms with Crippen LogP contribution in [0.15, 0.2) is 12.1 Å². The average molecular weight is 263 g/mol. The molecule has 0 aliphatic heterocycles. The molecule has 0 spiro atoms. The van der Waals surface area contributed by atoms with Crippen LogP contribution >= 0.6 is 0 Å². The summed E-state index contributed by atoms with van der Waals surface area (Å²) in [6.07, 6.45) is 0.978. The molecule has 1 aromatic carbocycles. The van der Waals surface area contributed by atoms with Crippen molar-refractivity contribution in [1.82, 2.24) is 5.32 Å². The van der Waals surface area contributed by atoms with Gasteiger partial charge >= 0.3 is 0 Å². The van der Waals surface area contributed by atoms with Crippen LogP contribution in [-0.4, -0.2) is 18.1 Å². The third-order valence-corrected chi connectivity index (χ3v) is 3.43. The number of aromatic hydroxyl groups is 1. The molecule has 0 saturated carbocycles. The van der Waals surface area contributed by atoms with Crippen molar-refractivity contribution >= 4 is 5.91 Å². The van der Waals surface area contributed by atoms with Crippen molar-refractivity contribution in [3.8, 4) is 5.75 Å². The molecule has 1 aromatic rings. The molecule has 0 bridgehead atoms. The highest BCUT2D eigenvalue weighted by molar-refractivity contribution is 5.75. The Kier molecular flexibility index (Phi) is 5.40. The maximum absolute atomic E-state index is 11.3. The second kappa shape index (κ2) is 6.60. The maximum Gasteiger partial charge on any atom is 0.220 e. The maximum atomic E-state index is 11.3. The number of hydrogen-bond donors (Lipinski definition) is 2. The summed E-state index contributed by atoms with van der Waals surface area (Å²) >= 11 is 0. The number of amides is 1. The van der Waals surface area contributed by atoms with Crippen LogP contribution < -0.4 is 5.32 Å². The number of rotatable bonds is 5. The number of hydrogen-bond acceptors (Lipinski definition) is 2. The van der Waals surface area contributed by atoms with Crippen LogP contribution in [0.2, 0.25) is 0 Å². The van der Waals surface area contributed by atoms with Crippen LogP contribution in [0.25, 0.3) is 0 Å². The van der Waals surface area contributed by atoms with E-state index in [4.69, 9.17) is 0 Å². The molecule has 3 nitrogen and oxygen atoms in total. The predicted molar refractivity (Wildman–Crippen MR) is 78.7 cm³/mol. The van der Waals surface area contributed by atoms with Gasteiger partial charge in [-0.15, -0.1) is 0 Å². The fraction of sp³-hybridized carbons (Fsp3) is 0.562. The lowest BCUT2D eigenvalue weighted by atomic mass is 9.88. The lowest BCUT2D eigenvalue weighted by molar-refractivity contribution is -0.120. The second-order valence-corrected chi connectivity index (χ2v) is 5.59. The molecular weight excluding hydrogens is 238 g/mol. The van der Waals surface area contributed by atoms with Crippen LogP contribution in [0.4, 0.5) is 0 Å². The van der Waals surface area contributed by atoms with Crippen molar-refractivity contribution in [1.29, 1.82) is 0 Å². The number of phenols is 1. The zero-order valence-electron chi connectivity index (χ0n) is 12.6. The minimum absolute atomic E-state index is 0.00145. The topological polar surface area (TPSA) is 49.3 Å². The first kappa shape index (κ1) is 15.5. The van der Waals surface area contributed by atoms with Crippen molar-refractivity contribution in [2.24, 2.45) is 0 Å². The van der Waals surface area contributed by atoms with Gasteiger partial charge in [-0.1, -0.05) is 33.8 Å². The quantitative estimate of drug-likeness (QED) is 0.856. The number of benzene rings is 1. The Morgan fingerprint density at radius 1 is 1.16 bits per heavy atom. The Morgan fingerprint density at radius 3 is 2.16 bits per heavy atom. The molecule has 0 radical (unpaired) electrons. The number of phenolic OH excluding ortho intramolecular Hbond substituents is 1. The molecular formula is C16H25NO2. The largest absolute Gasteiger partial charge is 0.508 e. The molecule has 0 saturated heterocycles. The monoisotopic (exact) mass is 263 g/mol. The van der Waals surface area contributed by atoms with E-state index in [1.54, 1.807) is 7.05 Å². The van der Waals surface area contributed by atoms with Gasteiger partial charge < -0.3 is 10.4 Å². The van der Waals surface area contributed by atoms with Crippen LogP contribution in [0.3, 0.4) is 0 Å². The van der Waals surface area contributed by atoms with E-state index in [0.717, 1.165) is 5.56 Å². The molecule has 0 aromatic heterocycles. The van der Waals surface area contributed by atoms with E-state index in [2.05, 4.69) is 39.1 Å². The highest BCUT2D eigenvalue weighted by Crippen LogP contribution is 2.32. The van der Waals surface area contributed by atoms with Gasteiger partial charge in [0.1, 0.15) is 5.75 Å². The van der Waals surface area contributed by atoms with E-state index in [0.29, 0.717) is 30.4 Å². The first-order valence-electron chi connectivity index (χ1n) is 6.93. The molecule has 0 unspecified atom stereocenters. The lowest BCUT2D eigenvalue weighted by Crippen LogP contribution is -2.18. The Morgan fingerprint density at radius 2 is 1.68 bits per heavy atom. The van der Waals surface area contributed by atoms with Gasteiger partial charge in [0.25, 0.3) is 0 Å². The number of nitrogens with one attached hydrogen (secondary N) is 1. The summed E-state index contributed by atoms with van der Waals surface area (Å²) in [5, 5.41) is 12.7. The molecule has 106 valence electrons. The van der Waals surface area contributed by atoms with E-state index in [-0.39, 0.29) is 5.91 Å². The van der Waals surface area contributed by atoms with E-state index in [1.165, 1.54) is 11.1 Å². The smallest absolute Gasteiger partial charge is 0.220 e. The Bertz CT molecular complexity index is 450. The molecule has 2 N–H and O–H groups in total. The third kappa shape index (κ3) is 3.98. The van der Waals surface area contributed by atoms with Gasteiger partial charge in [-0.3, -0.25) is 4.79 Å². The van der Waals surface area contributed by atoms with Gasteiger partial charge in [0.2, 0.25) is 5.91 Å². The minimum Gasteiger partial charge on any atom is -0.508 e. The number of aryl methyl sites for hydroxylation is 1. The average Bonchev–Trinajstić information content (AvgIpc) is 2.35. The fourth-order valence-electron chi connectivity index (χ4n) is 2.24. The summed E-state index contributed by atoms with van der Waals surface area (Å²) in [6, 6.07) is 3.91. The van der Waals surface area contributed by atoms with E-state index >= 15 is 0 Å². The molecule has 0 fully saturated rings. The van der Waals surface area contributed by atoms with Gasteiger partial charge in [-0.05, 0) is 41.0 Å². The van der Waals surface area contributed by atoms with Crippen LogP contribution in [0.5, 0.6) is 5.75 Å². The molecule has 0 aliphatic rings. The summed E-state index contributed by atoms with van der Waals surface area (Å²) in [5.74, 6) is 1.10. The highest BCUT2D eigenvalue weighted by Gasteiger charge is 2.14. The molecule has 0 heterocycles. The van der Waals surface area contributed by atoms with Gasteiger partial charge in [0, 0.05) is 13.5 Å². The number of carbonyl (C=O) groups is 1. The highest BCUT2D eigenvalue weighted by atomic mass is 16.3. The van der Waals surface area contributed by atoms with Gasteiger partial charge in [-0.2, -0.15) is 0 Å². The second-order valence-electron chi connectivity index (χ2n) is 5.59. The van der Waals surface area contributed by atoms with E-state index in [1.807, 2.05) is 6.07 Å². The molecule has 3 heteroatoms. The summed E-state index contributed by atoms with van der Waals surface area (Å²) < 4.78 is 0. The predicted octanol–water partition coefficient (Wildman–Crippen LogP) is 3.32. The van der Waals surface area contributed by atoms with Crippen molar-refractivity contribution in [3.05, 3.63) is 28.8 Å². The van der Waals surface area contributed by atoms with Crippen molar-refractivity contribution in [2.45, 2.75) is 52.4 Å². The van der Waals surface area contributed by atoms with Crippen LogP contribution in [-0.2, 0) is 11.2 Å². The van der Waals surface area contributed by atoms with Crippen molar-refractivity contribution < 1.29 is 9.90 Å². The van der Waals surface area contributed by atoms with Crippen molar-refractivity contribution in [2.75, 3.05) is 7.05 Å². The van der Waals surface area contributed by atoms with Crippen LogP contribution in [0.1, 0.15) is 62.6 Å². The summed E-state index contributed by atoms with van der Waals surface area (Å²) in [6.45, 7) is 8.57. The standard InChI is InChI=1S/C16H25NO2/c1-10(2)13-8-12(6-7-16(19)17-5)15(18)9-14(13)11(3)4/h8-11,18H,6-7H2,1-5H3,(H,17,19). The minimum atomic E-state index is -0.00145. The first-order valence-corrected chi connectivity index (χ1v) is 6.93. The normalized spacial score (nSPS) is 11.1. The van der Waals surface area contributed by atoms with Gasteiger partial charge in [-0.25, -0.2) is 0 Å². The van der Waals surface area contributed by atoms with E-state index < -0.39 is 0 Å². The van der Waals surface area contributed by atoms with Gasteiger partial charge in [0.15, 0.2) is 0 Å². The molecule has 1 amide bonds. The first-order chi connectivity index (χ1) is 8.86. The zero-order valence-corrected chi connectivity index (χ0v) is 12.6. The summed E-state index contributed by atoms with van der Waals surface area (Å²) in [7, 11) is 1.63. The molecule has 0 aliphatic carbocycles.